The minimum atomic E-state index is -0.411. The van der Waals surface area contributed by atoms with Gasteiger partial charge in [-0.15, -0.1) is 0 Å². The number of hydrogen-bond acceptors (Lipinski definition) is 5. The molecule has 1 aromatic carbocycles. The minimum absolute atomic E-state index is 0.0505. The molecule has 0 spiro atoms. The van der Waals surface area contributed by atoms with Gasteiger partial charge in [-0.25, -0.2) is 0 Å². The number of nitrogens with one attached hydrogen (secondary N) is 1. The molecule has 0 aliphatic carbocycles. The number of nitrogens with zero attached hydrogens (tertiary/aromatic N) is 2. The molecule has 1 unspecified atom stereocenters. The first-order valence-corrected chi connectivity index (χ1v) is 8.43. The van der Waals surface area contributed by atoms with E-state index in [1.807, 2.05) is 13.8 Å². The van der Waals surface area contributed by atoms with E-state index in [0.717, 1.165) is 0 Å². The first kappa shape index (κ1) is 17.3. The van der Waals surface area contributed by atoms with Crippen LogP contribution in [0.4, 0.5) is 5.69 Å². The molecule has 0 saturated carbocycles. The van der Waals surface area contributed by atoms with E-state index in [-0.39, 0.29) is 18.2 Å². The summed E-state index contributed by atoms with van der Waals surface area (Å²) < 4.78 is 5.12. The first-order chi connectivity index (χ1) is 11.1. The average molecular weight is 335 g/mol. The molecule has 2 amide bonds. The smallest absolute Gasteiger partial charge is 0.242 e. The molecule has 1 heterocycles. The van der Waals surface area contributed by atoms with Crippen LogP contribution in [0.5, 0.6) is 5.75 Å². The van der Waals surface area contributed by atoms with Gasteiger partial charge in [0.25, 0.3) is 0 Å². The van der Waals surface area contributed by atoms with Crippen molar-refractivity contribution in [2.45, 2.75) is 25.5 Å². The van der Waals surface area contributed by atoms with Gasteiger partial charge < -0.3 is 10.1 Å². The minimum Gasteiger partial charge on any atom is -0.497 e. The highest BCUT2D eigenvalue weighted by molar-refractivity contribution is 8.15. The van der Waals surface area contributed by atoms with Gasteiger partial charge in [-0.3, -0.25) is 19.5 Å². The molecule has 2 rings (SSSR count). The molecule has 23 heavy (non-hydrogen) atoms. The third kappa shape index (κ3) is 4.25. The highest BCUT2D eigenvalue weighted by Crippen LogP contribution is 2.29. The molecule has 6 nitrogen and oxygen atoms in total. The predicted molar refractivity (Wildman–Crippen MR) is 93.0 cm³/mol. The zero-order chi connectivity index (χ0) is 16.8. The fourth-order valence-corrected chi connectivity index (χ4v) is 3.54. The van der Waals surface area contributed by atoms with Crippen molar-refractivity contribution in [1.29, 1.82) is 0 Å². The molecule has 1 aliphatic rings. The number of rotatable bonds is 6. The van der Waals surface area contributed by atoms with Crippen molar-refractivity contribution in [2.24, 2.45) is 4.99 Å². The Morgan fingerprint density at radius 2 is 2.22 bits per heavy atom. The number of aliphatic imine (C=N–C) groups is 1. The van der Waals surface area contributed by atoms with Crippen molar-refractivity contribution in [3.63, 3.8) is 0 Å². The average Bonchev–Trinajstić information content (AvgIpc) is 2.83. The molecule has 1 saturated heterocycles. The summed E-state index contributed by atoms with van der Waals surface area (Å²) in [5.74, 6) is 0.423. The number of ether oxygens (including phenoxy) is 1. The maximum absolute atomic E-state index is 12.3. The second-order valence-corrected chi connectivity index (χ2v) is 6.10. The number of anilines is 1. The van der Waals surface area contributed by atoms with E-state index in [2.05, 4.69) is 10.3 Å². The van der Waals surface area contributed by atoms with Gasteiger partial charge in [-0.1, -0.05) is 17.8 Å². The van der Waals surface area contributed by atoms with Crippen molar-refractivity contribution in [3.05, 3.63) is 24.3 Å². The van der Waals surface area contributed by atoms with E-state index in [0.29, 0.717) is 29.7 Å². The molecule has 1 N–H and O–H groups in total. The second-order valence-electron chi connectivity index (χ2n) is 4.93. The number of methoxy groups -OCH3 is 1. The van der Waals surface area contributed by atoms with Gasteiger partial charge in [0.05, 0.1) is 7.11 Å². The highest BCUT2D eigenvalue weighted by Gasteiger charge is 2.37. The largest absolute Gasteiger partial charge is 0.497 e. The number of amidine groups is 1. The summed E-state index contributed by atoms with van der Waals surface area (Å²) in [6, 6.07) is 7.13. The number of thioether (sulfide) groups is 1. The Bertz CT molecular complexity index is 618. The third-order valence-electron chi connectivity index (χ3n) is 3.35. The summed E-state index contributed by atoms with van der Waals surface area (Å²) >= 11 is 1.36. The van der Waals surface area contributed by atoms with E-state index in [1.165, 1.54) is 11.8 Å². The van der Waals surface area contributed by atoms with Crippen LogP contribution < -0.4 is 10.1 Å². The molecule has 0 bridgehead atoms. The van der Waals surface area contributed by atoms with Crippen LogP contribution in [0.3, 0.4) is 0 Å². The molecule has 1 aromatic rings. The van der Waals surface area contributed by atoms with Crippen LogP contribution in [0, 0.1) is 0 Å². The summed E-state index contributed by atoms with van der Waals surface area (Å²) in [5.41, 5.74) is 0.652. The molecule has 1 atom stereocenters. The van der Waals surface area contributed by atoms with E-state index in [9.17, 15) is 9.59 Å². The first-order valence-electron chi connectivity index (χ1n) is 7.55. The Balaban J connectivity index is 2.00. The Morgan fingerprint density at radius 3 is 2.87 bits per heavy atom. The van der Waals surface area contributed by atoms with Gasteiger partial charge in [-0.2, -0.15) is 0 Å². The number of benzene rings is 1. The second kappa shape index (κ2) is 8.01. The fraction of sp³-hybridized carbons (Fsp3) is 0.438. The van der Waals surface area contributed by atoms with Crippen LogP contribution in [0.15, 0.2) is 29.3 Å². The van der Waals surface area contributed by atoms with Gasteiger partial charge in [0, 0.05) is 31.3 Å². The van der Waals surface area contributed by atoms with E-state index < -0.39 is 5.25 Å². The zero-order valence-electron chi connectivity index (χ0n) is 13.5. The van der Waals surface area contributed by atoms with E-state index in [4.69, 9.17) is 4.74 Å². The molecule has 1 fully saturated rings. The SMILES string of the molecule is CCN=C1SC(CC(=O)Nc2cccc(OC)c2)C(=O)N1CC. The van der Waals surface area contributed by atoms with E-state index >= 15 is 0 Å². The molecule has 124 valence electrons. The maximum atomic E-state index is 12.3. The van der Waals surface area contributed by atoms with Crippen LogP contribution in [0.2, 0.25) is 0 Å². The van der Waals surface area contributed by atoms with Gasteiger partial charge in [-0.05, 0) is 26.0 Å². The van der Waals surface area contributed by atoms with Crippen molar-refractivity contribution >= 4 is 34.4 Å². The van der Waals surface area contributed by atoms with Gasteiger partial charge in [0.2, 0.25) is 11.8 Å². The van der Waals surface area contributed by atoms with Gasteiger partial charge >= 0.3 is 0 Å². The summed E-state index contributed by atoms with van der Waals surface area (Å²) in [7, 11) is 1.57. The summed E-state index contributed by atoms with van der Waals surface area (Å²) in [6.45, 7) is 5.02. The lowest BCUT2D eigenvalue weighted by Gasteiger charge is -2.13. The van der Waals surface area contributed by atoms with Crippen molar-refractivity contribution < 1.29 is 14.3 Å². The summed E-state index contributed by atoms with van der Waals surface area (Å²) in [5, 5.41) is 3.10. The Morgan fingerprint density at radius 1 is 1.43 bits per heavy atom. The standard InChI is InChI=1S/C16H21N3O3S/c1-4-17-16-19(5-2)15(21)13(23-16)10-14(20)18-11-7-6-8-12(9-11)22-3/h6-9,13H,4-5,10H2,1-3H3,(H,18,20). The molecular formula is C16H21N3O3S. The topological polar surface area (TPSA) is 71.0 Å². The Kier molecular flexibility index (Phi) is 6.04. The Hall–Kier alpha value is -2.02. The molecule has 1 aliphatic heterocycles. The van der Waals surface area contributed by atoms with Crippen LogP contribution >= 0.6 is 11.8 Å². The van der Waals surface area contributed by atoms with Crippen molar-refractivity contribution in [2.75, 3.05) is 25.5 Å². The maximum Gasteiger partial charge on any atom is 0.242 e. The van der Waals surface area contributed by atoms with Crippen molar-refractivity contribution in [3.8, 4) is 5.75 Å². The van der Waals surface area contributed by atoms with Crippen LogP contribution in [0.1, 0.15) is 20.3 Å². The molecule has 0 aromatic heterocycles. The van der Waals surface area contributed by atoms with E-state index in [1.54, 1.807) is 36.3 Å². The number of carbonyl (C=O) groups is 2. The van der Waals surface area contributed by atoms with Crippen LogP contribution in [-0.4, -0.2) is 47.3 Å². The van der Waals surface area contributed by atoms with Crippen molar-refractivity contribution in [1.82, 2.24) is 4.90 Å². The monoisotopic (exact) mass is 335 g/mol. The normalized spacial score (nSPS) is 19.3. The number of amides is 2. The lowest BCUT2D eigenvalue weighted by Crippen LogP contribution is -2.33. The lowest BCUT2D eigenvalue weighted by atomic mass is 10.2. The summed E-state index contributed by atoms with van der Waals surface area (Å²) in [6.07, 6.45) is 0.125. The van der Waals surface area contributed by atoms with Gasteiger partial charge in [0.15, 0.2) is 5.17 Å². The van der Waals surface area contributed by atoms with Crippen LogP contribution in [-0.2, 0) is 9.59 Å². The fourth-order valence-electron chi connectivity index (χ4n) is 2.27. The third-order valence-corrected chi connectivity index (χ3v) is 4.57. The lowest BCUT2D eigenvalue weighted by molar-refractivity contribution is -0.128. The van der Waals surface area contributed by atoms with Gasteiger partial charge in [0.1, 0.15) is 11.0 Å². The zero-order valence-corrected chi connectivity index (χ0v) is 14.4. The predicted octanol–water partition coefficient (Wildman–Crippen LogP) is 2.36. The highest BCUT2D eigenvalue weighted by atomic mass is 32.2. The van der Waals surface area contributed by atoms with Crippen LogP contribution in [0.25, 0.3) is 0 Å². The molecular weight excluding hydrogens is 314 g/mol. The molecule has 0 radical (unpaired) electrons. The summed E-state index contributed by atoms with van der Waals surface area (Å²) in [4.78, 5) is 30.5. The number of carbonyl (C=O) groups excluding carboxylic acids is 2. The Labute approximate surface area is 140 Å². The molecule has 7 heteroatoms. The number of hydrogen-bond donors (Lipinski definition) is 1. The quantitative estimate of drug-likeness (QED) is 0.866.